The molecule has 3 aromatic rings. The number of nitrogens with zero attached hydrogens (tertiary/aromatic N) is 2. The highest BCUT2D eigenvalue weighted by Crippen LogP contribution is 2.27. The van der Waals surface area contributed by atoms with Gasteiger partial charge in [-0.05, 0) is 55.8 Å². The molecule has 2 aromatic carbocycles. The lowest BCUT2D eigenvalue weighted by Gasteiger charge is -2.32. The lowest BCUT2D eigenvalue weighted by molar-refractivity contribution is 0.0962. The molecule has 0 spiro atoms. The number of ketones is 1. The van der Waals surface area contributed by atoms with Gasteiger partial charge < -0.3 is 4.57 Å². The van der Waals surface area contributed by atoms with E-state index in [1.54, 1.807) is 0 Å². The van der Waals surface area contributed by atoms with E-state index in [0.717, 1.165) is 43.5 Å². The zero-order valence-corrected chi connectivity index (χ0v) is 18.4. The standard InChI is InChI=1S/C27H34N2O/c1-21(2)18-29-20-25(24-10-6-7-11-26(24)29)27(30)13-12-22-14-16-28(17-15-22)19-23-8-4-3-5-9-23/h3-11,20-22H,12-19H2,1-2H3. The molecule has 0 amide bonds. The zero-order valence-electron chi connectivity index (χ0n) is 18.4. The molecule has 0 radical (unpaired) electrons. The van der Waals surface area contributed by atoms with Gasteiger partial charge in [0.2, 0.25) is 0 Å². The number of likely N-dealkylation sites (tertiary alicyclic amines) is 1. The Morgan fingerprint density at radius 3 is 2.43 bits per heavy atom. The van der Waals surface area contributed by atoms with Crippen molar-refractivity contribution in [2.45, 2.75) is 52.6 Å². The van der Waals surface area contributed by atoms with Crippen LogP contribution < -0.4 is 0 Å². The van der Waals surface area contributed by atoms with Crippen molar-refractivity contribution >= 4 is 16.7 Å². The quantitative estimate of drug-likeness (QED) is 0.421. The molecule has 0 saturated carbocycles. The van der Waals surface area contributed by atoms with E-state index in [-0.39, 0.29) is 0 Å². The fraction of sp³-hybridized carbons (Fsp3) is 0.444. The van der Waals surface area contributed by atoms with Gasteiger partial charge in [0, 0.05) is 42.2 Å². The van der Waals surface area contributed by atoms with E-state index in [9.17, 15) is 4.79 Å². The van der Waals surface area contributed by atoms with Crippen molar-refractivity contribution in [3.8, 4) is 0 Å². The van der Waals surface area contributed by atoms with Crippen LogP contribution in [0.15, 0.2) is 60.8 Å². The lowest BCUT2D eigenvalue weighted by atomic mass is 9.90. The molecule has 1 aliphatic heterocycles. The molecule has 4 rings (SSSR count). The lowest BCUT2D eigenvalue weighted by Crippen LogP contribution is -2.33. The third-order valence-electron chi connectivity index (χ3n) is 6.39. The Morgan fingerprint density at radius 2 is 1.70 bits per heavy atom. The predicted octanol–water partition coefficient (Wildman–Crippen LogP) is 6.17. The first-order valence-corrected chi connectivity index (χ1v) is 11.5. The number of fused-ring (bicyclic) bond motifs is 1. The van der Waals surface area contributed by atoms with E-state index in [2.05, 4.69) is 78.0 Å². The number of rotatable bonds is 8. The normalized spacial score (nSPS) is 15.8. The van der Waals surface area contributed by atoms with E-state index in [1.165, 1.54) is 23.9 Å². The molecule has 0 bridgehead atoms. The van der Waals surface area contributed by atoms with E-state index >= 15 is 0 Å². The molecule has 3 heteroatoms. The van der Waals surface area contributed by atoms with Gasteiger partial charge in [-0.1, -0.05) is 62.4 Å². The van der Waals surface area contributed by atoms with Crippen molar-refractivity contribution in [3.63, 3.8) is 0 Å². The molecular weight excluding hydrogens is 368 g/mol. The number of hydrogen-bond donors (Lipinski definition) is 0. The van der Waals surface area contributed by atoms with Crippen LogP contribution in [0, 0.1) is 11.8 Å². The molecule has 0 unspecified atom stereocenters. The van der Waals surface area contributed by atoms with Gasteiger partial charge in [-0.25, -0.2) is 0 Å². The van der Waals surface area contributed by atoms with Gasteiger partial charge in [-0.15, -0.1) is 0 Å². The van der Waals surface area contributed by atoms with Crippen molar-refractivity contribution in [2.24, 2.45) is 11.8 Å². The highest BCUT2D eigenvalue weighted by Gasteiger charge is 2.21. The molecule has 30 heavy (non-hydrogen) atoms. The molecule has 3 nitrogen and oxygen atoms in total. The van der Waals surface area contributed by atoms with Crippen LogP contribution in [0.5, 0.6) is 0 Å². The largest absolute Gasteiger partial charge is 0.346 e. The minimum atomic E-state index is 0.306. The number of benzene rings is 2. The third kappa shape index (κ3) is 5.02. The van der Waals surface area contributed by atoms with Gasteiger partial charge in [0.05, 0.1) is 0 Å². The predicted molar refractivity (Wildman–Crippen MR) is 125 cm³/mol. The van der Waals surface area contributed by atoms with Crippen LogP contribution in [0.3, 0.4) is 0 Å². The third-order valence-corrected chi connectivity index (χ3v) is 6.39. The Bertz CT molecular complexity index is 965. The Labute approximate surface area is 180 Å². The number of carbonyl (C=O) groups excluding carboxylic acids is 1. The highest BCUT2D eigenvalue weighted by atomic mass is 16.1. The van der Waals surface area contributed by atoms with Crippen LogP contribution in [-0.2, 0) is 13.1 Å². The Balaban J connectivity index is 1.32. The maximum absolute atomic E-state index is 13.1. The minimum Gasteiger partial charge on any atom is -0.346 e. The first kappa shape index (κ1) is 20.9. The van der Waals surface area contributed by atoms with Crippen LogP contribution in [0.25, 0.3) is 10.9 Å². The van der Waals surface area contributed by atoms with Crippen molar-refractivity contribution in [1.29, 1.82) is 0 Å². The molecular formula is C27H34N2O. The molecule has 2 heterocycles. The van der Waals surface area contributed by atoms with Crippen molar-refractivity contribution in [2.75, 3.05) is 13.1 Å². The second-order valence-electron chi connectivity index (χ2n) is 9.27. The average Bonchev–Trinajstić information content (AvgIpc) is 3.12. The summed E-state index contributed by atoms with van der Waals surface area (Å²) in [6.45, 7) is 8.72. The fourth-order valence-electron chi connectivity index (χ4n) is 4.76. The van der Waals surface area contributed by atoms with Crippen molar-refractivity contribution in [3.05, 3.63) is 71.9 Å². The topological polar surface area (TPSA) is 25.2 Å². The number of aromatic nitrogens is 1. The van der Waals surface area contributed by atoms with Gasteiger partial charge in [0.25, 0.3) is 0 Å². The fourth-order valence-corrected chi connectivity index (χ4v) is 4.76. The number of piperidine rings is 1. The minimum absolute atomic E-state index is 0.306. The van der Waals surface area contributed by atoms with Crippen LogP contribution in [0.4, 0.5) is 0 Å². The summed E-state index contributed by atoms with van der Waals surface area (Å²) < 4.78 is 2.26. The number of hydrogen-bond acceptors (Lipinski definition) is 2. The van der Waals surface area contributed by atoms with Crippen LogP contribution in [0.2, 0.25) is 0 Å². The summed E-state index contributed by atoms with van der Waals surface area (Å²) in [5.41, 5.74) is 3.49. The number of para-hydroxylation sites is 1. The SMILES string of the molecule is CC(C)Cn1cc(C(=O)CCC2CCN(Cc3ccccc3)CC2)c2ccccc21. The van der Waals surface area contributed by atoms with Gasteiger partial charge in [0.15, 0.2) is 5.78 Å². The second kappa shape index (κ2) is 9.61. The molecule has 0 atom stereocenters. The summed E-state index contributed by atoms with van der Waals surface area (Å²) in [4.78, 5) is 15.6. The first-order valence-electron chi connectivity index (χ1n) is 11.5. The second-order valence-corrected chi connectivity index (χ2v) is 9.27. The van der Waals surface area contributed by atoms with Crippen LogP contribution in [-0.4, -0.2) is 28.3 Å². The summed E-state index contributed by atoms with van der Waals surface area (Å²) in [6, 6.07) is 19.1. The monoisotopic (exact) mass is 402 g/mol. The molecule has 158 valence electrons. The summed E-state index contributed by atoms with van der Waals surface area (Å²) in [5, 5.41) is 1.11. The summed E-state index contributed by atoms with van der Waals surface area (Å²) in [7, 11) is 0. The smallest absolute Gasteiger partial charge is 0.165 e. The van der Waals surface area contributed by atoms with E-state index in [4.69, 9.17) is 0 Å². The summed E-state index contributed by atoms with van der Waals surface area (Å²) in [6.07, 6.45) is 6.18. The Hall–Kier alpha value is -2.39. The van der Waals surface area contributed by atoms with Crippen LogP contribution in [0.1, 0.15) is 55.5 Å². The molecule has 1 aromatic heterocycles. The van der Waals surface area contributed by atoms with E-state index < -0.39 is 0 Å². The Morgan fingerprint density at radius 1 is 1.00 bits per heavy atom. The Kier molecular flexibility index (Phi) is 6.69. The summed E-state index contributed by atoms with van der Waals surface area (Å²) in [5.74, 6) is 1.54. The van der Waals surface area contributed by atoms with Gasteiger partial charge in [-0.3, -0.25) is 9.69 Å². The van der Waals surface area contributed by atoms with Gasteiger partial charge in [0.1, 0.15) is 0 Å². The zero-order chi connectivity index (χ0) is 20.9. The maximum Gasteiger partial charge on any atom is 0.165 e. The molecule has 0 N–H and O–H groups in total. The van der Waals surface area contributed by atoms with Gasteiger partial charge >= 0.3 is 0 Å². The molecule has 1 saturated heterocycles. The first-order chi connectivity index (χ1) is 14.6. The molecule has 1 fully saturated rings. The van der Waals surface area contributed by atoms with Gasteiger partial charge in [-0.2, -0.15) is 0 Å². The number of Topliss-reactive ketones (excluding diaryl/α,β-unsaturated/α-hetero) is 1. The van der Waals surface area contributed by atoms with E-state index in [1.807, 2.05) is 6.07 Å². The van der Waals surface area contributed by atoms with Crippen molar-refractivity contribution < 1.29 is 4.79 Å². The maximum atomic E-state index is 13.1. The highest BCUT2D eigenvalue weighted by molar-refractivity contribution is 6.08. The molecule has 1 aliphatic rings. The van der Waals surface area contributed by atoms with Crippen LogP contribution >= 0.6 is 0 Å². The van der Waals surface area contributed by atoms with Crippen molar-refractivity contribution in [1.82, 2.24) is 9.47 Å². The average molecular weight is 403 g/mol. The van der Waals surface area contributed by atoms with E-state index in [0.29, 0.717) is 24.0 Å². The summed E-state index contributed by atoms with van der Waals surface area (Å²) >= 11 is 0. The molecule has 0 aliphatic carbocycles. The number of carbonyl (C=O) groups is 1.